The molecule has 0 heterocycles. The summed E-state index contributed by atoms with van der Waals surface area (Å²) in [4.78, 5) is 12.2. The number of carbonyl (C=O) groups excluding carboxylic acids is 1. The lowest BCUT2D eigenvalue weighted by atomic mass is 9.77. The molecule has 1 aromatic rings. The highest BCUT2D eigenvalue weighted by atomic mass is 16.1. The largest absolute Gasteiger partial charge is 0.325 e. The van der Waals surface area contributed by atoms with Gasteiger partial charge in [0.25, 0.3) is 0 Å². The van der Waals surface area contributed by atoms with Gasteiger partial charge in [-0.1, -0.05) is 12.1 Å². The number of hydrogen-bond acceptors (Lipinski definition) is 4. The van der Waals surface area contributed by atoms with Gasteiger partial charge in [-0.15, -0.1) is 0 Å². The first-order chi connectivity index (χ1) is 9.58. The van der Waals surface area contributed by atoms with Crippen molar-refractivity contribution in [2.75, 3.05) is 5.32 Å². The standard InChI is InChI=1S/C15H16N4O/c16-9-12-3-1-2-4-13(12)19-14(20)11-5-7-15(18,10-17)8-6-11/h1-4,11H,5-8,18H2,(H,19,20). The Kier molecular flexibility index (Phi) is 4.02. The van der Waals surface area contributed by atoms with Crippen LogP contribution in [0.1, 0.15) is 31.2 Å². The third-order valence-electron chi connectivity index (χ3n) is 3.78. The minimum atomic E-state index is -0.790. The maximum atomic E-state index is 12.2. The third-order valence-corrected chi connectivity index (χ3v) is 3.78. The molecule has 0 radical (unpaired) electrons. The molecule has 0 aromatic heterocycles. The van der Waals surface area contributed by atoms with E-state index in [0.717, 1.165) is 0 Å². The summed E-state index contributed by atoms with van der Waals surface area (Å²) in [6, 6.07) is 11.1. The Morgan fingerprint density at radius 3 is 2.55 bits per heavy atom. The van der Waals surface area contributed by atoms with Gasteiger partial charge in [-0.2, -0.15) is 10.5 Å². The molecule has 3 N–H and O–H groups in total. The smallest absolute Gasteiger partial charge is 0.227 e. The number of nitrogens with zero attached hydrogens (tertiary/aromatic N) is 2. The number of hydrogen-bond donors (Lipinski definition) is 2. The Morgan fingerprint density at radius 2 is 1.95 bits per heavy atom. The molecule has 1 aromatic carbocycles. The first-order valence-electron chi connectivity index (χ1n) is 6.58. The molecule has 0 spiro atoms. The van der Waals surface area contributed by atoms with Crippen molar-refractivity contribution >= 4 is 11.6 Å². The van der Waals surface area contributed by atoms with E-state index < -0.39 is 5.54 Å². The molecule has 1 aliphatic rings. The van der Waals surface area contributed by atoms with Crippen molar-refractivity contribution < 1.29 is 4.79 Å². The maximum Gasteiger partial charge on any atom is 0.227 e. The molecule has 5 nitrogen and oxygen atoms in total. The predicted molar refractivity (Wildman–Crippen MR) is 74.3 cm³/mol. The van der Waals surface area contributed by atoms with Crippen molar-refractivity contribution in [3.8, 4) is 12.1 Å². The molecule has 20 heavy (non-hydrogen) atoms. The second-order valence-electron chi connectivity index (χ2n) is 5.19. The van der Waals surface area contributed by atoms with Crippen LogP contribution in [-0.4, -0.2) is 11.4 Å². The van der Waals surface area contributed by atoms with E-state index in [9.17, 15) is 4.79 Å². The number of carbonyl (C=O) groups is 1. The number of para-hydroxylation sites is 1. The van der Waals surface area contributed by atoms with E-state index in [1.165, 1.54) is 0 Å². The molecular weight excluding hydrogens is 252 g/mol. The van der Waals surface area contributed by atoms with Crippen molar-refractivity contribution in [3.63, 3.8) is 0 Å². The minimum Gasteiger partial charge on any atom is -0.325 e. The summed E-state index contributed by atoms with van der Waals surface area (Å²) in [6.07, 6.45) is 2.26. The van der Waals surface area contributed by atoms with E-state index >= 15 is 0 Å². The van der Waals surface area contributed by atoms with Gasteiger partial charge in [0.1, 0.15) is 11.6 Å². The van der Waals surface area contributed by atoms with Crippen LogP contribution in [0.3, 0.4) is 0 Å². The summed E-state index contributed by atoms with van der Waals surface area (Å²) < 4.78 is 0. The fourth-order valence-electron chi connectivity index (χ4n) is 2.43. The normalized spacial score (nSPS) is 25.2. The zero-order chi connectivity index (χ0) is 14.6. The summed E-state index contributed by atoms with van der Waals surface area (Å²) in [5, 5.41) is 20.7. The van der Waals surface area contributed by atoms with Gasteiger partial charge >= 0.3 is 0 Å². The minimum absolute atomic E-state index is 0.104. The molecule has 2 rings (SSSR count). The van der Waals surface area contributed by atoms with Crippen molar-refractivity contribution in [3.05, 3.63) is 29.8 Å². The second-order valence-corrected chi connectivity index (χ2v) is 5.19. The van der Waals surface area contributed by atoms with Crippen LogP contribution in [0.5, 0.6) is 0 Å². The number of nitriles is 2. The van der Waals surface area contributed by atoms with Gasteiger partial charge in [-0.3, -0.25) is 4.79 Å². The number of amides is 1. The van der Waals surface area contributed by atoms with E-state index in [4.69, 9.17) is 16.3 Å². The second kappa shape index (κ2) is 5.73. The van der Waals surface area contributed by atoms with E-state index in [-0.39, 0.29) is 11.8 Å². The van der Waals surface area contributed by atoms with Crippen molar-refractivity contribution in [1.29, 1.82) is 10.5 Å². The summed E-state index contributed by atoms with van der Waals surface area (Å²) in [5.41, 5.74) is 6.07. The van der Waals surface area contributed by atoms with Gasteiger partial charge in [-0.05, 0) is 37.8 Å². The Hall–Kier alpha value is -2.37. The van der Waals surface area contributed by atoms with E-state index in [2.05, 4.69) is 11.4 Å². The molecule has 1 fully saturated rings. The first kappa shape index (κ1) is 14.0. The van der Waals surface area contributed by atoms with Crippen LogP contribution < -0.4 is 11.1 Å². The van der Waals surface area contributed by atoms with Crippen LogP contribution in [0.15, 0.2) is 24.3 Å². The molecule has 5 heteroatoms. The summed E-state index contributed by atoms with van der Waals surface area (Å²) >= 11 is 0. The van der Waals surface area contributed by atoms with E-state index in [0.29, 0.717) is 36.9 Å². The third kappa shape index (κ3) is 2.96. The zero-order valence-corrected chi connectivity index (χ0v) is 11.1. The van der Waals surface area contributed by atoms with Gasteiger partial charge < -0.3 is 11.1 Å². The Balaban J connectivity index is 2.01. The van der Waals surface area contributed by atoms with Crippen molar-refractivity contribution in [2.45, 2.75) is 31.2 Å². The van der Waals surface area contributed by atoms with Gasteiger partial charge in [0.15, 0.2) is 0 Å². The predicted octanol–water partition coefficient (Wildman–Crippen LogP) is 1.91. The molecule has 0 bridgehead atoms. The highest BCUT2D eigenvalue weighted by Crippen LogP contribution is 2.31. The quantitative estimate of drug-likeness (QED) is 0.855. The van der Waals surface area contributed by atoms with E-state index in [1.54, 1.807) is 24.3 Å². The summed E-state index contributed by atoms with van der Waals surface area (Å²) in [5.74, 6) is -0.250. The van der Waals surface area contributed by atoms with Crippen LogP contribution in [0, 0.1) is 28.6 Å². The molecule has 0 aliphatic heterocycles. The maximum absolute atomic E-state index is 12.2. The van der Waals surface area contributed by atoms with Crippen LogP contribution in [0.4, 0.5) is 5.69 Å². The Bertz CT molecular complexity index is 589. The highest BCUT2D eigenvalue weighted by Gasteiger charge is 2.34. The Morgan fingerprint density at radius 1 is 1.30 bits per heavy atom. The lowest BCUT2D eigenvalue weighted by Crippen LogP contribution is -2.43. The number of nitrogens with two attached hydrogens (primary N) is 1. The fraction of sp³-hybridized carbons (Fsp3) is 0.400. The molecule has 0 saturated heterocycles. The van der Waals surface area contributed by atoms with Gasteiger partial charge in [0, 0.05) is 5.92 Å². The topological polar surface area (TPSA) is 103 Å². The number of nitrogens with one attached hydrogen (secondary N) is 1. The molecule has 1 saturated carbocycles. The zero-order valence-electron chi connectivity index (χ0n) is 11.1. The summed E-state index contributed by atoms with van der Waals surface area (Å²) in [7, 11) is 0. The highest BCUT2D eigenvalue weighted by molar-refractivity contribution is 5.93. The van der Waals surface area contributed by atoms with Crippen molar-refractivity contribution in [1.82, 2.24) is 0 Å². The van der Waals surface area contributed by atoms with Gasteiger partial charge in [0.2, 0.25) is 5.91 Å². The molecular formula is C15H16N4O. The number of benzene rings is 1. The average Bonchev–Trinajstić information content (AvgIpc) is 2.48. The Labute approximate surface area is 118 Å². The first-order valence-corrected chi connectivity index (χ1v) is 6.58. The molecule has 1 aliphatic carbocycles. The van der Waals surface area contributed by atoms with Crippen LogP contribution in [0.2, 0.25) is 0 Å². The molecule has 102 valence electrons. The van der Waals surface area contributed by atoms with Gasteiger partial charge in [0.05, 0.1) is 17.3 Å². The molecule has 1 amide bonds. The average molecular weight is 268 g/mol. The van der Waals surface area contributed by atoms with E-state index in [1.807, 2.05) is 6.07 Å². The molecule has 0 unspecified atom stereocenters. The lowest BCUT2D eigenvalue weighted by molar-refractivity contribution is -0.121. The molecule has 0 atom stereocenters. The number of anilines is 1. The van der Waals surface area contributed by atoms with Gasteiger partial charge in [-0.25, -0.2) is 0 Å². The fourth-order valence-corrected chi connectivity index (χ4v) is 2.43. The van der Waals surface area contributed by atoms with Crippen LogP contribution >= 0.6 is 0 Å². The summed E-state index contributed by atoms with van der Waals surface area (Å²) in [6.45, 7) is 0. The number of rotatable bonds is 2. The monoisotopic (exact) mass is 268 g/mol. The van der Waals surface area contributed by atoms with Crippen molar-refractivity contribution in [2.24, 2.45) is 11.7 Å². The lowest BCUT2D eigenvalue weighted by Gasteiger charge is -2.31. The van der Waals surface area contributed by atoms with Crippen LogP contribution in [0.25, 0.3) is 0 Å². The SMILES string of the molecule is N#Cc1ccccc1NC(=O)C1CCC(N)(C#N)CC1. The van der Waals surface area contributed by atoms with Crippen LogP contribution in [-0.2, 0) is 4.79 Å².